The molecule has 0 bridgehead atoms. The van der Waals surface area contributed by atoms with Crippen LogP contribution in [0.5, 0.6) is 0 Å². The summed E-state index contributed by atoms with van der Waals surface area (Å²) in [4.78, 5) is 4.11. The Kier molecular flexibility index (Phi) is 6.59. The van der Waals surface area contributed by atoms with E-state index >= 15 is 0 Å². The number of hydrogen-bond donors (Lipinski definition) is 4. The maximum absolute atomic E-state index is 13.2. The minimum atomic E-state index is -0.559. The average Bonchev–Trinajstić information content (AvgIpc) is 3.01. The molecule has 0 unspecified atom stereocenters. The summed E-state index contributed by atoms with van der Waals surface area (Å²) < 4.78 is 20.9. The van der Waals surface area contributed by atoms with Gasteiger partial charge < -0.3 is 5.32 Å². The SMILES string of the molecule is CSNCCNc1nonc1C(=Nc1ccc(F)c(Cl)c1)NO. The Balaban J connectivity index is 2.18. The van der Waals surface area contributed by atoms with Gasteiger partial charge in [-0.2, -0.15) is 0 Å². The molecular weight excluding hydrogens is 347 g/mol. The van der Waals surface area contributed by atoms with Crippen LogP contribution in [0.3, 0.4) is 0 Å². The van der Waals surface area contributed by atoms with Crippen LogP contribution in [0.4, 0.5) is 15.9 Å². The Morgan fingerprint density at radius 3 is 2.96 bits per heavy atom. The van der Waals surface area contributed by atoms with Gasteiger partial charge in [0, 0.05) is 13.1 Å². The molecule has 4 N–H and O–H groups in total. The molecule has 0 fully saturated rings. The van der Waals surface area contributed by atoms with Gasteiger partial charge in [-0.15, -0.1) is 0 Å². The summed E-state index contributed by atoms with van der Waals surface area (Å²) in [6, 6.07) is 3.89. The standard InChI is InChI=1S/C12H14ClFN6O2S/c1-23-16-5-4-15-11-10(19-22-20-11)12(18-21)17-7-2-3-9(14)8(13)6-7/h2-3,6,16,21H,4-5H2,1H3,(H,15,20)(H,17,18). The van der Waals surface area contributed by atoms with Gasteiger partial charge in [0.2, 0.25) is 5.82 Å². The van der Waals surface area contributed by atoms with Gasteiger partial charge in [-0.3, -0.25) is 15.4 Å². The largest absolute Gasteiger partial charge is 0.364 e. The molecule has 23 heavy (non-hydrogen) atoms. The normalized spacial score (nSPS) is 11.6. The summed E-state index contributed by atoms with van der Waals surface area (Å²) in [5.74, 6) is -0.272. The van der Waals surface area contributed by atoms with Crippen LogP contribution in [0.2, 0.25) is 5.02 Å². The predicted molar refractivity (Wildman–Crippen MR) is 86.8 cm³/mol. The third-order valence-corrected chi connectivity index (χ3v) is 3.41. The first kappa shape index (κ1) is 17.5. The Bertz CT molecular complexity index is 683. The summed E-state index contributed by atoms with van der Waals surface area (Å²) in [6.07, 6.45) is 1.91. The van der Waals surface area contributed by atoms with Crippen molar-refractivity contribution in [3.8, 4) is 0 Å². The minimum absolute atomic E-state index is 0.0192. The molecule has 0 saturated heterocycles. The maximum atomic E-state index is 13.2. The first-order valence-corrected chi connectivity index (χ1v) is 8.02. The highest BCUT2D eigenvalue weighted by Crippen LogP contribution is 2.22. The van der Waals surface area contributed by atoms with E-state index in [9.17, 15) is 9.60 Å². The maximum Gasteiger partial charge on any atom is 0.202 e. The molecule has 0 amide bonds. The van der Waals surface area contributed by atoms with Crippen LogP contribution in [-0.4, -0.2) is 40.7 Å². The Labute approximate surface area is 140 Å². The fourth-order valence-corrected chi connectivity index (χ4v) is 2.09. The van der Waals surface area contributed by atoms with Crippen molar-refractivity contribution < 1.29 is 14.2 Å². The zero-order valence-corrected chi connectivity index (χ0v) is 13.6. The number of anilines is 1. The molecule has 0 aliphatic heterocycles. The summed E-state index contributed by atoms with van der Waals surface area (Å²) >= 11 is 7.19. The number of benzene rings is 1. The van der Waals surface area contributed by atoms with E-state index in [1.54, 1.807) is 0 Å². The van der Waals surface area contributed by atoms with Gasteiger partial charge in [-0.05, 0) is 34.8 Å². The summed E-state index contributed by atoms with van der Waals surface area (Å²) in [6.45, 7) is 1.24. The number of amidine groups is 1. The zero-order valence-electron chi connectivity index (χ0n) is 12.0. The molecule has 1 aromatic heterocycles. The van der Waals surface area contributed by atoms with E-state index in [1.165, 1.54) is 30.1 Å². The molecular formula is C12H14ClFN6O2S. The summed E-state index contributed by atoms with van der Waals surface area (Å²) in [5, 5.41) is 19.6. The van der Waals surface area contributed by atoms with Gasteiger partial charge in [0.1, 0.15) is 5.82 Å². The van der Waals surface area contributed by atoms with Crippen LogP contribution in [0.25, 0.3) is 0 Å². The van der Waals surface area contributed by atoms with Crippen LogP contribution in [0.1, 0.15) is 5.69 Å². The lowest BCUT2D eigenvalue weighted by Gasteiger charge is -2.06. The van der Waals surface area contributed by atoms with Crippen molar-refractivity contribution in [3.63, 3.8) is 0 Å². The van der Waals surface area contributed by atoms with Gasteiger partial charge in [-0.25, -0.2) is 14.0 Å². The van der Waals surface area contributed by atoms with E-state index in [1.807, 2.05) is 11.7 Å². The van der Waals surface area contributed by atoms with Crippen LogP contribution in [-0.2, 0) is 0 Å². The molecule has 0 atom stereocenters. The molecule has 0 radical (unpaired) electrons. The zero-order chi connectivity index (χ0) is 16.7. The molecule has 1 heterocycles. The molecule has 0 aliphatic rings. The number of nitrogens with one attached hydrogen (secondary N) is 3. The molecule has 2 rings (SSSR count). The molecule has 8 nitrogen and oxygen atoms in total. The second-order valence-electron chi connectivity index (χ2n) is 4.16. The monoisotopic (exact) mass is 360 g/mol. The predicted octanol–water partition coefficient (Wildman–Crippen LogP) is 2.20. The lowest BCUT2D eigenvalue weighted by molar-refractivity contribution is 0.234. The fourth-order valence-electron chi connectivity index (χ4n) is 1.61. The van der Waals surface area contributed by atoms with Crippen molar-refractivity contribution in [2.75, 3.05) is 24.7 Å². The molecule has 0 saturated carbocycles. The van der Waals surface area contributed by atoms with E-state index in [2.05, 4.69) is 30.0 Å². The number of aromatic nitrogens is 2. The summed E-state index contributed by atoms with van der Waals surface area (Å²) in [7, 11) is 0. The highest BCUT2D eigenvalue weighted by Gasteiger charge is 2.16. The first-order chi connectivity index (χ1) is 11.2. The van der Waals surface area contributed by atoms with Crippen LogP contribution in [0.15, 0.2) is 27.8 Å². The lowest BCUT2D eigenvalue weighted by atomic mass is 10.3. The van der Waals surface area contributed by atoms with Crippen molar-refractivity contribution in [1.82, 2.24) is 20.5 Å². The van der Waals surface area contributed by atoms with Crippen LogP contribution < -0.4 is 15.5 Å². The average molecular weight is 361 g/mol. The Morgan fingerprint density at radius 2 is 2.26 bits per heavy atom. The van der Waals surface area contributed by atoms with Crippen molar-refractivity contribution in [2.24, 2.45) is 4.99 Å². The van der Waals surface area contributed by atoms with Crippen LogP contribution >= 0.6 is 23.5 Å². The van der Waals surface area contributed by atoms with Crippen LogP contribution in [0, 0.1) is 5.82 Å². The van der Waals surface area contributed by atoms with Gasteiger partial charge in [0.15, 0.2) is 11.5 Å². The minimum Gasteiger partial charge on any atom is -0.364 e. The number of rotatable bonds is 7. The third-order valence-electron chi connectivity index (χ3n) is 2.63. The summed E-state index contributed by atoms with van der Waals surface area (Å²) in [5.41, 5.74) is 2.42. The quantitative estimate of drug-likeness (QED) is 0.196. The van der Waals surface area contributed by atoms with E-state index < -0.39 is 5.82 Å². The smallest absolute Gasteiger partial charge is 0.202 e. The molecule has 0 aliphatic carbocycles. The van der Waals surface area contributed by atoms with E-state index in [0.29, 0.717) is 24.6 Å². The number of nitrogens with zero attached hydrogens (tertiary/aromatic N) is 3. The van der Waals surface area contributed by atoms with Gasteiger partial charge in [0.05, 0.1) is 10.7 Å². The fraction of sp³-hybridized carbons (Fsp3) is 0.250. The molecule has 124 valence electrons. The van der Waals surface area contributed by atoms with E-state index in [-0.39, 0.29) is 16.6 Å². The van der Waals surface area contributed by atoms with Gasteiger partial charge in [0.25, 0.3) is 0 Å². The Morgan fingerprint density at radius 1 is 1.43 bits per heavy atom. The van der Waals surface area contributed by atoms with Crippen molar-refractivity contribution in [3.05, 3.63) is 34.7 Å². The highest BCUT2D eigenvalue weighted by atomic mass is 35.5. The van der Waals surface area contributed by atoms with E-state index in [0.717, 1.165) is 0 Å². The van der Waals surface area contributed by atoms with Gasteiger partial charge in [-0.1, -0.05) is 23.5 Å². The number of aliphatic imine (C=N–C) groups is 1. The number of halogens is 2. The molecule has 2 aromatic rings. The topological polar surface area (TPSA) is 108 Å². The first-order valence-electron chi connectivity index (χ1n) is 6.42. The van der Waals surface area contributed by atoms with Gasteiger partial charge >= 0.3 is 0 Å². The molecule has 11 heteroatoms. The second-order valence-corrected chi connectivity index (χ2v) is 5.26. The van der Waals surface area contributed by atoms with Crippen molar-refractivity contribution in [1.29, 1.82) is 0 Å². The number of hydrogen-bond acceptors (Lipinski definition) is 8. The Hall–Kier alpha value is -1.88. The van der Waals surface area contributed by atoms with E-state index in [4.69, 9.17) is 11.6 Å². The molecule has 1 aromatic carbocycles. The van der Waals surface area contributed by atoms with Crippen molar-refractivity contribution in [2.45, 2.75) is 0 Å². The third kappa shape index (κ3) is 4.79. The lowest BCUT2D eigenvalue weighted by Crippen LogP contribution is -2.23. The van der Waals surface area contributed by atoms with Crippen molar-refractivity contribution >= 4 is 40.9 Å². The second kappa shape index (κ2) is 8.67. The molecule has 0 spiro atoms. The number of hydroxylamine groups is 1. The highest BCUT2D eigenvalue weighted by molar-refractivity contribution is 7.96.